The van der Waals surface area contributed by atoms with Gasteiger partial charge in [0.15, 0.2) is 0 Å². The molecule has 1 aromatic carbocycles. The number of carbonyl (C=O) groups is 1. The number of nitrogens with zero attached hydrogens (tertiary/aromatic N) is 1. The number of carbonyl (C=O) groups excluding carboxylic acids is 1. The van der Waals surface area contributed by atoms with Gasteiger partial charge in [-0.1, -0.05) is 0 Å². The first-order valence-electron chi connectivity index (χ1n) is 6.76. The van der Waals surface area contributed by atoms with Crippen LogP contribution in [0.25, 0.3) is 0 Å². The van der Waals surface area contributed by atoms with Gasteiger partial charge in [0.2, 0.25) is 5.91 Å². The van der Waals surface area contributed by atoms with E-state index in [1.165, 1.54) is 0 Å². The van der Waals surface area contributed by atoms with Gasteiger partial charge in [-0.15, -0.1) is 0 Å². The van der Waals surface area contributed by atoms with Crippen LogP contribution >= 0.6 is 31.9 Å². The standard InChI is InChI=1S/C14H18Br2N2O3/c1-20-12-8-11(16)13(9-10(12)15)21-7-2-14(19)18-5-3-17-4-6-18/h8-9,17H,2-7H2,1H3. The van der Waals surface area contributed by atoms with Crippen molar-refractivity contribution in [3.63, 3.8) is 0 Å². The number of piperazine rings is 1. The third-order valence-corrected chi connectivity index (χ3v) is 4.49. The van der Waals surface area contributed by atoms with Crippen LogP contribution in [0.15, 0.2) is 21.1 Å². The van der Waals surface area contributed by atoms with Crippen molar-refractivity contribution >= 4 is 37.8 Å². The van der Waals surface area contributed by atoms with E-state index in [1.54, 1.807) is 7.11 Å². The molecule has 116 valence electrons. The van der Waals surface area contributed by atoms with Crippen molar-refractivity contribution in [3.8, 4) is 11.5 Å². The lowest BCUT2D eigenvalue weighted by Gasteiger charge is -2.27. The van der Waals surface area contributed by atoms with Crippen LogP contribution in [0.3, 0.4) is 0 Å². The summed E-state index contributed by atoms with van der Waals surface area (Å²) in [4.78, 5) is 13.9. The number of ether oxygens (including phenoxy) is 2. The minimum atomic E-state index is 0.139. The summed E-state index contributed by atoms with van der Waals surface area (Å²) in [6.45, 7) is 3.64. The molecule has 0 radical (unpaired) electrons. The molecule has 1 aliphatic heterocycles. The fourth-order valence-electron chi connectivity index (χ4n) is 2.10. The SMILES string of the molecule is COc1cc(Br)c(OCCC(=O)N2CCNCC2)cc1Br. The van der Waals surface area contributed by atoms with E-state index in [-0.39, 0.29) is 5.91 Å². The fraction of sp³-hybridized carbons (Fsp3) is 0.500. The first-order valence-corrected chi connectivity index (χ1v) is 8.34. The zero-order valence-corrected chi connectivity index (χ0v) is 15.0. The van der Waals surface area contributed by atoms with Crippen LogP contribution in [0.2, 0.25) is 0 Å². The molecule has 0 atom stereocenters. The minimum Gasteiger partial charge on any atom is -0.496 e. The van der Waals surface area contributed by atoms with Gasteiger partial charge in [-0.25, -0.2) is 0 Å². The predicted octanol–water partition coefficient (Wildman–Crippen LogP) is 2.42. The van der Waals surface area contributed by atoms with E-state index >= 15 is 0 Å². The van der Waals surface area contributed by atoms with Crippen LogP contribution in [0.5, 0.6) is 11.5 Å². The molecule has 21 heavy (non-hydrogen) atoms. The highest BCUT2D eigenvalue weighted by Gasteiger charge is 2.16. The maximum Gasteiger partial charge on any atom is 0.226 e. The Balaban J connectivity index is 1.85. The third-order valence-electron chi connectivity index (χ3n) is 3.25. The first kappa shape index (κ1) is 16.6. The van der Waals surface area contributed by atoms with Gasteiger partial charge in [-0.2, -0.15) is 0 Å². The molecule has 0 bridgehead atoms. The van der Waals surface area contributed by atoms with Crippen LogP contribution in [0.4, 0.5) is 0 Å². The van der Waals surface area contributed by atoms with Gasteiger partial charge in [0.1, 0.15) is 11.5 Å². The van der Waals surface area contributed by atoms with Crippen molar-refractivity contribution in [1.29, 1.82) is 0 Å². The van der Waals surface area contributed by atoms with Gasteiger partial charge >= 0.3 is 0 Å². The zero-order valence-electron chi connectivity index (χ0n) is 11.8. The van der Waals surface area contributed by atoms with Gasteiger partial charge in [0, 0.05) is 26.2 Å². The first-order chi connectivity index (χ1) is 10.1. The molecule has 7 heteroatoms. The highest BCUT2D eigenvalue weighted by Crippen LogP contribution is 2.36. The Bertz CT molecular complexity index is 505. The summed E-state index contributed by atoms with van der Waals surface area (Å²) in [5.41, 5.74) is 0. The number of hydrogen-bond acceptors (Lipinski definition) is 4. The molecule has 1 fully saturated rings. The van der Waals surface area contributed by atoms with Gasteiger partial charge < -0.3 is 19.7 Å². The lowest BCUT2D eigenvalue weighted by molar-refractivity contribution is -0.132. The highest BCUT2D eigenvalue weighted by molar-refractivity contribution is 9.11. The smallest absolute Gasteiger partial charge is 0.226 e. The van der Waals surface area contributed by atoms with E-state index in [0.717, 1.165) is 40.9 Å². The number of halogens is 2. The van der Waals surface area contributed by atoms with Gasteiger partial charge in [0.25, 0.3) is 0 Å². The molecule has 2 rings (SSSR count). The van der Waals surface area contributed by atoms with Crippen molar-refractivity contribution in [2.45, 2.75) is 6.42 Å². The molecule has 1 aromatic rings. The Hall–Kier alpha value is -0.790. The summed E-state index contributed by atoms with van der Waals surface area (Å²) in [6.07, 6.45) is 0.385. The normalized spacial score (nSPS) is 14.9. The minimum absolute atomic E-state index is 0.139. The van der Waals surface area contributed by atoms with Gasteiger partial charge in [0.05, 0.1) is 29.1 Å². The van der Waals surface area contributed by atoms with Crippen LogP contribution in [0.1, 0.15) is 6.42 Å². The van der Waals surface area contributed by atoms with Crippen molar-refractivity contribution < 1.29 is 14.3 Å². The molecule has 1 heterocycles. The summed E-state index contributed by atoms with van der Waals surface area (Å²) in [6, 6.07) is 3.66. The lowest BCUT2D eigenvalue weighted by Crippen LogP contribution is -2.46. The molecule has 0 aromatic heterocycles. The summed E-state index contributed by atoms with van der Waals surface area (Å²) in [5.74, 6) is 1.56. The quantitative estimate of drug-likeness (QED) is 0.793. The maximum absolute atomic E-state index is 12.0. The monoisotopic (exact) mass is 420 g/mol. The molecule has 1 amide bonds. The Kier molecular flexibility index (Phi) is 6.32. The summed E-state index contributed by atoms with van der Waals surface area (Å²) < 4.78 is 12.5. The van der Waals surface area contributed by atoms with Gasteiger partial charge in [-0.3, -0.25) is 4.79 Å². The summed E-state index contributed by atoms with van der Waals surface area (Å²) in [7, 11) is 1.61. The predicted molar refractivity (Wildman–Crippen MR) is 88.0 cm³/mol. The molecule has 1 saturated heterocycles. The number of nitrogens with one attached hydrogen (secondary N) is 1. The average Bonchev–Trinajstić information content (AvgIpc) is 2.51. The number of benzene rings is 1. The second kappa shape index (κ2) is 8.00. The molecule has 0 spiro atoms. The molecular formula is C14H18Br2N2O3. The van der Waals surface area contributed by atoms with Crippen molar-refractivity contribution in [2.24, 2.45) is 0 Å². The lowest BCUT2D eigenvalue weighted by atomic mass is 10.3. The largest absolute Gasteiger partial charge is 0.496 e. The molecule has 1 N–H and O–H groups in total. The number of methoxy groups -OCH3 is 1. The Morgan fingerprint density at radius 3 is 2.52 bits per heavy atom. The average molecular weight is 422 g/mol. The van der Waals surface area contributed by atoms with E-state index in [1.807, 2.05) is 17.0 Å². The molecule has 0 saturated carbocycles. The molecule has 0 unspecified atom stereocenters. The summed E-state index contributed by atoms with van der Waals surface area (Å²) >= 11 is 6.85. The topological polar surface area (TPSA) is 50.8 Å². The highest BCUT2D eigenvalue weighted by atomic mass is 79.9. The molecular weight excluding hydrogens is 404 g/mol. The number of rotatable bonds is 5. The van der Waals surface area contributed by atoms with Crippen molar-refractivity contribution in [1.82, 2.24) is 10.2 Å². The van der Waals surface area contributed by atoms with Crippen LogP contribution < -0.4 is 14.8 Å². The van der Waals surface area contributed by atoms with E-state index in [4.69, 9.17) is 9.47 Å². The molecule has 5 nitrogen and oxygen atoms in total. The van der Waals surface area contributed by atoms with E-state index in [9.17, 15) is 4.79 Å². The zero-order chi connectivity index (χ0) is 15.2. The Labute approximate surface area is 141 Å². The number of amides is 1. The molecule has 1 aliphatic rings. The van der Waals surface area contributed by atoms with Crippen LogP contribution in [-0.2, 0) is 4.79 Å². The van der Waals surface area contributed by atoms with Crippen LogP contribution in [-0.4, -0.2) is 50.7 Å². The Morgan fingerprint density at radius 1 is 1.24 bits per heavy atom. The third kappa shape index (κ3) is 4.59. The molecule has 0 aliphatic carbocycles. The van der Waals surface area contributed by atoms with Crippen molar-refractivity contribution in [3.05, 3.63) is 21.1 Å². The summed E-state index contributed by atoms with van der Waals surface area (Å²) in [5, 5.41) is 3.23. The maximum atomic E-state index is 12.0. The van der Waals surface area contributed by atoms with Crippen LogP contribution in [0, 0.1) is 0 Å². The van der Waals surface area contributed by atoms with E-state index in [0.29, 0.717) is 18.8 Å². The fourth-order valence-corrected chi connectivity index (χ4v) is 3.02. The van der Waals surface area contributed by atoms with Crippen molar-refractivity contribution in [2.75, 3.05) is 39.9 Å². The Morgan fingerprint density at radius 2 is 1.86 bits per heavy atom. The van der Waals surface area contributed by atoms with E-state index < -0.39 is 0 Å². The second-order valence-corrected chi connectivity index (χ2v) is 6.36. The number of hydrogen-bond donors (Lipinski definition) is 1. The van der Waals surface area contributed by atoms with E-state index in [2.05, 4.69) is 37.2 Å². The second-order valence-electron chi connectivity index (χ2n) is 4.65. The van der Waals surface area contributed by atoms with Gasteiger partial charge in [-0.05, 0) is 44.0 Å².